The smallest absolute Gasteiger partial charge is 0.164 e. The van der Waals surface area contributed by atoms with Crippen LogP contribution < -0.4 is 0 Å². The zero-order valence-electron chi connectivity index (χ0n) is 31.4. The van der Waals surface area contributed by atoms with Gasteiger partial charge < -0.3 is 13.4 Å². The van der Waals surface area contributed by atoms with Gasteiger partial charge in [-0.05, 0) is 76.8 Å². The van der Waals surface area contributed by atoms with Crippen LogP contribution in [0, 0.1) is 0 Å². The first kappa shape index (κ1) is 32.0. The van der Waals surface area contributed by atoms with Crippen molar-refractivity contribution in [2.75, 3.05) is 0 Å². The van der Waals surface area contributed by atoms with Gasteiger partial charge in [-0.15, -0.1) is 0 Å². The van der Waals surface area contributed by atoms with Crippen molar-refractivity contribution in [1.82, 2.24) is 19.5 Å². The van der Waals surface area contributed by atoms with E-state index in [0.717, 1.165) is 88.1 Å². The Kier molecular flexibility index (Phi) is 6.63. The molecule has 0 amide bonds. The molecule has 0 aliphatic heterocycles. The van der Waals surface area contributed by atoms with Gasteiger partial charge in [0.05, 0.1) is 22.1 Å². The molecule has 6 heteroatoms. The number of hydrogen-bond donors (Lipinski definition) is 0. The normalized spacial score (nSPS) is 12.1. The standard InChI is InChI=1S/C53H30N4O2/c1-2-13-32(14-3-1)51-54-52(35-23-25-47-42(27-35)39-19-9-11-21-46(39)58-47)56-53(55-51)36-29-45(49-40-24-22-31-12-6-7-17-37(31)50(40)59-48(49)30-36)57-43-20-10-8-18-38(43)41-26-33-15-4-5-16-34(33)28-44(41)57/h1-30H. The Balaban J connectivity index is 1.13. The van der Waals surface area contributed by atoms with Gasteiger partial charge in [-0.2, -0.15) is 0 Å². The Hall–Kier alpha value is -8.09. The lowest BCUT2D eigenvalue weighted by molar-refractivity contribution is 0.669. The summed E-state index contributed by atoms with van der Waals surface area (Å²) in [4.78, 5) is 15.6. The molecule has 4 aromatic heterocycles. The number of benzene rings is 9. The summed E-state index contributed by atoms with van der Waals surface area (Å²) in [6, 6.07) is 63.3. The molecule has 0 saturated carbocycles. The fourth-order valence-corrected chi connectivity index (χ4v) is 9.05. The molecule has 9 aromatic carbocycles. The molecule has 0 N–H and O–H groups in total. The average molecular weight is 755 g/mol. The molecule has 0 atom stereocenters. The zero-order chi connectivity index (χ0) is 38.6. The Morgan fingerprint density at radius 3 is 1.85 bits per heavy atom. The molecular formula is C53H30N4O2. The Bertz CT molecular complexity index is 3860. The molecule has 59 heavy (non-hydrogen) atoms. The lowest BCUT2D eigenvalue weighted by atomic mass is 10.0. The Morgan fingerprint density at radius 2 is 1.00 bits per heavy atom. The first-order valence-electron chi connectivity index (χ1n) is 19.8. The fraction of sp³-hybridized carbons (Fsp3) is 0. The van der Waals surface area contributed by atoms with E-state index in [-0.39, 0.29) is 0 Å². The number of hydrogen-bond acceptors (Lipinski definition) is 5. The molecule has 13 aromatic rings. The average Bonchev–Trinajstić information content (AvgIpc) is 3.97. The molecule has 0 aliphatic rings. The highest BCUT2D eigenvalue weighted by molar-refractivity contribution is 6.20. The summed E-state index contributed by atoms with van der Waals surface area (Å²) in [7, 11) is 0. The minimum atomic E-state index is 0.547. The van der Waals surface area contributed by atoms with Crippen molar-refractivity contribution in [3.63, 3.8) is 0 Å². The summed E-state index contributed by atoms with van der Waals surface area (Å²) in [5, 5.41) is 11.1. The van der Waals surface area contributed by atoms with Gasteiger partial charge in [0.15, 0.2) is 17.5 Å². The molecule has 274 valence electrons. The van der Waals surface area contributed by atoms with Gasteiger partial charge in [0, 0.05) is 49.0 Å². The van der Waals surface area contributed by atoms with E-state index in [1.807, 2.05) is 60.7 Å². The third kappa shape index (κ3) is 4.84. The van der Waals surface area contributed by atoms with E-state index in [2.05, 4.69) is 126 Å². The summed E-state index contributed by atoms with van der Waals surface area (Å²) in [5.74, 6) is 1.70. The van der Waals surface area contributed by atoms with Crippen LogP contribution in [0.5, 0.6) is 0 Å². The summed E-state index contributed by atoms with van der Waals surface area (Å²) < 4.78 is 15.6. The van der Waals surface area contributed by atoms with Gasteiger partial charge in [0.1, 0.15) is 22.3 Å². The zero-order valence-corrected chi connectivity index (χ0v) is 31.4. The predicted molar refractivity (Wildman–Crippen MR) is 240 cm³/mol. The third-order valence-electron chi connectivity index (χ3n) is 11.8. The monoisotopic (exact) mass is 754 g/mol. The minimum Gasteiger partial charge on any atom is -0.456 e. The lowest BCUT2D eigenvalue weighted by Crippen LogP contribution is -2.01. The number of rotatable bonds is 4. The van der Waals surface area contributed by atoms with E-state index >= 15 is 0 Å². The maximum absolute atomic E-state index is 6.98. The van der Waals surface area contributed by atoms with Crippen molar-refractivity contribution in [2.45, 2.75) is 0 Å². The second kappa shape index (κ2) is 12.2. The summed E-state index contributed by atoms with van der Waals surface area (Å²) in [6.07, 6.45) is 0. The van der Waals surface area contributed by atoms with Crippen molar-refractivity contribution in [3.8, 4) is 39.9 Å². The molecule has 0 fully saturated rings. The van der Waals surface area contributed by atoms with Gasteiger partial charge in [0.25, 0.3) is 0 Å². The quantitative estimate of drug-likeness (QED) is 0.179. The molecule has 0 bridgehead atoms. The largest absolute Gasteiger partial charge is 0.456 e. The highest BCUT2D eigenvalue weighted by atomic mass is 16.3. The first-order valence-corrected chi connectivity index (χ1v) is 19.8. The second-order valence-corrected chi connectivity index (χ2v) is 15.2. The molecule has 0 aliphatic carbocycles. The van der Waals surface area contributed by atoms with Crippen molar-refractivity contribution in [2.24, 2.45) is 0 Å². The van der Waals surface area contributed by atoms with Crippen molar-refractivity contribution in [1.29, 1.82) is 0 Å². The van der Waals surface area contributed by atoms with Crippen LogP contribution >= 0.6 is 0 Å². The van der Waals surface area contributed by atoms with Crippen molar-refractivity contribution in [3.05, 3.63) is 182 Å². The Labute approximate surface area is 336 Å². The molecule has 4 heterocycles. The van der Waals surface area contributed by atoms with Crippen LogP contribution in [-0.4, -0.2) is 19.5 Å². The minimum absolute atomic E-state index is 0.547. The van der Waals surface area contributed by atoms with Crippen LogP contribution in [0.25, 0.3) is 127 Å². The van der Waals surface area contributed by atoms with Gasteiger partial charge in [-0.25, -0.2) is 15.0 Å². The summed E-state index contributed by atoms with van der Waals surface area (Å²) in [5.41, 5.74) is 9.07. The molecular weight excluding hydrogens is 725 g/mol. The van der Waals surface area contributed by atoms with Gasteiger partial charge >= 0.3 is 0 Å². The van der Waals surface area contributed by atoms with Crippen LogP contribution in [-0.2, 0) is 0 Å². The highest BCUT2D eigenvalue weighted by Gasteiger charge is 2.23. The van der Waals surface area contributed by atoms with E-state index in [0.29, 0.717) is 17.5 Å². The lowest BCUT2D eigenvalue weighted by Gasteiger charge is -2.13. The predicted octanol–water partition coefficient (Wildman–Crippen LogP) is 14.1. The van der Waals surface area contributed by atoms with Crippen LogP contribution in [0.3, 0.4) is 0 Å². The van der Waals surface area contributed by atoms with E-state index in [9.17, 15) is 0 Å². The van der Waals surface area contributed by atoms with Crippen LogP contribution in [0.1, 0.15) is 0 Å². The molecule has 0 radical (unpaired) electrons. The first-order chi connectivity index (χ1) is 29.2. The van der Waals surface area contributed by atoms with E-state index < -0.39 is 0 Å². The van der Waals surface area contributed by atoms with Crippen LogP contribution in [0.2, 0.25) is 0 Å². The van der Waals surface area contributed by atoms with Gasteiger partial charge in [0.2, 0.25) is 0 Å². The molecule has 13 rings (SSSR count). The SMILES string of the molecule is c1ccc(-c2nc(-c3cc(-n4c5ccccc5c5cc6ccccc6cc54)c4c(c3)oc3c5ccccc5ccc34)nc(-c3ccc4oc5ccccc5c4c3)n2)cc1. The fourth-order valence-electron chi connectivity index (χ4n) is 9.05. The Morgan fingerprint density at radius 1 is 0.339 bits per heavy atom. The molecule has 6 nitrogen and oxygen atoms in total. The van der Waals surface area contributed by atoms with Crippen molar-refractivity contribution >= 4 is 87.2 Å². The summed E-state index contributed by atoms with van der Waals surface area (Å²) in [6.45, 7) is 0. The third-order valence-corrected chi connectivity index (χ3v) is 11.8. The topological polar surface area (TPSA) is 69.9 Å². The van der Waals surface area contributed by atoms with Crippen LogP contribution in [0.4, 0.5) is 0 Å². The number of furan rings is 2. The van der Waals surface area contributed by atoms with E-state index in [1.54, 1.807) is 0 Å². The van der Waals surface area contributed by atoms with E-state index in [1.165, 1.54) is 21.5 Å². The highest BCUT2D eigenvalue weighted by Crippen LogP contribution is 2.43. The van der Waals surface area contributed by atoms with Gasteiger partial charge in [-0.1, -0.05) is 121 Å². The molecule has 0 saturated heterocycles. The summed E-state index contributed by atoms with van der Waals surface area (Å²) >= 11 is 0. The number of fused-ring (bicyclic) bond motifs is 12. The molecule has 0 unspecified atom stereocenters. The molecule has 0 spiro atoms. The van der Waals surface area contributed by atoms with Gasteiger partial charge in [-0.3, -0.25) is 0 Å². The second-order valence-electron chi connectivity index (χ2n) is 15.2. The van der Waals surface area contributed by atoms with Crippen molar-refractivity contribution < 1.29 is 8.83 Å². The maximum Gasteiger partial charge on any atom is 0.164 e. The van der Waals surface area contributed by atoms with Crippen LogP contribution in [0.15, 0.2) is 191 Å². The number of aromatic nitrogens is 4. The number of para-hydroxylation sites is 2. The number of nitrogens with zero attached hydrogens (tertiary/aromatic N) is 4. The van der Waals surface area contributed by atoms with E-state index in [4.69, 9.17) is 23.8 Å². The maximum atomic E-state index is 6.98.